The molecular weight excluding hydrogens is 417 g/mol. The second-order valence-corrected chi connectivity index (χ2v) is 9.32. The SMILES string of the molecule is CC(C)(C)N1CCN(c2ccc(Nc3nc(-c4ccccc4F)nc4cn[nH]c34)cc2)CC1. The Balaban J connectivity index is 1.36. The summed E-state index contributed by atoms with van der Waals surface area (Å²) < 4.78 is 14.3. The van der Waals surface area contributed by atoms with Crippen LogP contribution in [0.4, 0.5) is 21.6 Å². The van der Waals surface area contributed by atoms with Gasteiger partial charge in [0.1, 0.15) is 16.9 Å². The fourth-order valence-electron chi connectivity index (χ4n) is 4.22. The average molecular weight is 446 g/mol. The van der Waals surface area contributed by atoms with Crippen molar-refractivity contribution in [3.8, 4) is 11.4 Å². The predicted octanol–water partition coefficient (Wildman–Crippen LogP) is 4.82. The molecule has 1 aliphatic heterocycles. The van der Waals surface area contributed by atoms with Crippen molar-refractivity contribution in [3.63, 3.8) is 0 Å². The lowest BCUT2D eigenvalue weighted by molar-refractivity contribution is 0.128. The Bertz CT molecular complexity index is 1250. The van der Waals surface area contributed by atoms with E-state index in [1.165, 1.54) is 11.8 Å². The Labute approximate surface area is 192 Å². The molecule has 5 rings (SSSR count). The van der Waals surface area contributed by atoms with Gasteiger partial charge in [0, 0.05) is 43.1 Å². The summed E-state index contributed by atoms with van der Waals surface area (Å²) >= 11 is 0. The molecule has 170 valence electrons. The van der Waals surface area contributed by atoms with Crippen molar-refractivity contribution in [1.82, 2.24) is 25.1 Å². The van der Waals surface area contributed by atoms with Gasteiger partial charge in [-0.15, -0.1) is 0 Å². The lowest BCUT2D eigenvalue weighted by Gasteiger charge is -2.43. The number of halogens is 1. The number of nitrogens with zero attached hydrogens (tertiary/aromatic N) is 5. The third kappa shape index (κ3) is 4.39. The maximum Gasteiger partial charge on any atom is 0.165 e. The van der Waals surface area contributed by atoms with Crippen LogP contribution in [0.3, 0.4) is 0 Å². The maximum atomic E-state index is 14.3. The first-order valence-electron chi connectivity index (χ1n) is 11.2. The molecule has 0 amide bonds. The molecule has 1 fully saturated rings. The Morgan fingerprint density at radius 1 is 0.939 bits per heavy atom. The molecular formula is C25H28FN7. The molecule has 0 bridgehead atoms. The molecule has 3 heterocycles. The number of nitrogens with one attached hydrogen (secondary N) is 2. The van der Waals surface area contributed by atoms with Gasteiger partial charge in [0.15, 0.2) is 11.6 Å². The van der Waals surface area contributed by atoms with Gasteiger partial charge in [-0.3, -0.25) is 10.00 Å². The second kappa shape index (κ2) is 8.44. The van der Waals surface area contributed by atoms with Crippen molar-refractivity contribution in [1.29, 1.82) is 0 Å². The third-order valence-electron chi connectivity index (χ3n) is 6.14. The summed E-state index contributed by atoms with van der Waals surface area (Å²) in [6.07, 6.45) is 1.62. The molecule has 0 unspecified atom stereocenters. The molecule has 0 saturated carbocycles. The Kier molecular flexibility index (Phi) is 5.46. The van der Waals surface area contributed by atoms with E-state index in [2.05, 4.69) is 68.2 Å². The van der Waals surface area contributed by atoms with Crippen LogP contribution in [-0.4, -0.2) is 56.8 Å². The number of H-pyrrole nitrogens is 1. The van der Waals surface area contributed by atoms with E-state index in [1.807, 2.05) is 12.1 Å². The summed E-state index contributed by atoms with van der Waals surface area (Å²) in [6, 6.07) is 14.8. The quantitative estimate of drug-likeness (QED) is 0.469. The lowest BCUT2D eigenvalue weighted by atomic mass is 10.0. The molecule has 0 spiro atoms. The van der Waals surface area contributed by atoms with E-state index < -0.39 is 0 Å². The highest BCUT2D eigenvalue weighted by molar-refractivity contribution is 5.88. The zero-order chi connectivity index (χ0) is 23.0. The van der Waals surface area contributed by atoms with Crippen LogP contribution in [0.5, 0.6) is 0 Å². The maximum absolute atomic E-state index is 14.3. The van der Waals surface area contributed by atoms with Gasteiger partial charge in [0.2, 0.25) is 0 Å². The van der Waals surface area contributed by atoms with E-state index in [-0.39, 0.29) is 11.4 Å². The van der Waals surface area contributed by atoms with Gasteiger partial charge in [-0.2, -0.15) is 5.10 Å². The van der Waals surface area contributed by atoms with Crippen LogP contribution in [0, 0.1) is 5.82 Å². The van der Waals surface area contributed by atoms with Gasteiger partial charge < -0.3 is 10.2 Å². The number of piperazine rings is 1. The van der Waals surface area contributed by atoms with E-state index in [0.29, 0.717) is 28.2 Å². The Morgan fingerprint density at radius 3 is 2.36 bits per heavy atom. The molecule has 0 atom stereocenters. The van der Waals surface area contributed by atoms with Gasteiger partial charge >= 0.3 is 0 Å². The first-order valence-corrected chi connectivity index (χ1v) is 11.2. The number of rotatable bonds is 4. The highest BCUT2D eigenvalue weighted by atomic mass is 19.1. The fraction of sp³-hybridized carbons (Fsp3) is 0.320. The van der Waals surface area contributed by atoms with Crippen LogP contribution in [-0.2, 0) is 0 Å². The standard InChI is InChI=1S/C25H28FN7/c1-25(2,3)33-14-12-32(13-15-33)18-10-8-17(9-11-18)28-24-22-21(16-27-31-22)29-23(30-24)19-6-4-5-7-20(19)26/h4-11,16H,12-15H2,1-3H3,(H,27,31)(H,28,29,30). The molecule has 2 aromatic carbocycles. The number of benzene rings is 2. The van der Waals surface area contributed by atoms with Crippen LogP contribution >= 0.6 is 0 Å². The van der Waals surface area contributed by atoms with Crippen molar-refractivity contribution in [3.05, 3.63) is 60.5 Å². The summed E-state index contributed by atoms with van der Waals surface area (Å²) in [4.78, 5) is 14.0. The minimum atomic E-state index is -0.359. The predicted molar refractivity (Wildman–Crippen MR) is 130 cm³/mol. The fourth-order valence-corrected chi connectivity index (χ4v) is 4.22. The highest BCUT2D eigenvalue weighted by Crippen LogP contribution is 2.28. The Morgan fingerprint density at radius 2 is 1.67 bits per heavy atom. The summed E-state index contributed by atoms with van der Waals surface area (Å²) in [5.41, 5.74) is 3.96. The van der Waals surface area contributed by atoms with Gasteiger partial charge in [-0.25, -0.2) is 14.4 Å². The van der Waals surface area contributed by atoms with Gasteiger partial charge in [0.25, 0.3) is 0 Å². The molecule has 33 heavy (non-hydrogen) atoms. The topological polar surface area (TPSA) is 73.0 Å². The highest BCUT2D eigenvalue weighted by Gasteiger charge is 2.25. The zero-order valence-corrected chi connectivity index (χ0v) is 19.1. The number of aromatic nitrogens is 4. The van der Waals surface area contributed by atoms with Crippen molar-refractivity contribution in [2.24, 2.45) is 0 Å². The van der Waals surface area contributed by atoms with E-state index >= 15 is 0 Å². The molecule has 1 aliphatic rings. The van der Waals surface area contributed by atoms with Crippen LogP contribution in [0.2, 0.25) is 0 Å². The molecule has 1 saturated heterocycles. The van der Waals surface area contributed by atoms with Gasteiger partial charge in [-0.05, 0) is 57.2 Å². The Hall–Kier alpha value is -3.52. The van der Waals surface area contributed by atoms with Crippen molar-refractivity contribution in [2.45, 2.75) is 26.3 Å². The molecule has 4 aromatic rings. The number of aromatic amines is 1. The molecule has 2 N–H and O–H groups in total. The second-order valence-electron chi connectivity index (χ2n) is 9.32. The van der Waals surface area contributed by atoms with E-state index in [1.54, 1.807) is 24.4 Å². The number of hydrogen-bond acceptors (Lipinski definition) is 6. The van der Waals surface area contributed by atoms with E-state index in [9.17, 15) is 4.39 Å². The van der Waals surface area contributed by atoms with Crippen LogP contribution in [0.1, 0.15) is 20.8 Å². The largest absolute Gasteiger partial charge is 0.369 e. The van der Waals surface area contributed by atoms with Gasteiger partial charge in [0.05, 0.1) is 11.8 Å². The third-order valence-corrected chi connectivity index (χ3v) is 6.14. The smallest absolute Gasteiger partial charge is 0.165 e. The van der Waals surface area contributed by atoms with E-state index in [4.69, 9.17) is 0 Å². The molecule has 0 radical (unpaired) electrons. The van der Waals surface area contributed by atoms with Gasteiger partial charge in [-0.1, -0.05) is 12.1 Å². The van der Waals surface area contributed by atoms with Crippen LogP contribution < -0.4 is 10.2 Å². The molecule has 2 aromatic heterocycles. The van der Waals surface area contributed by atoms with Crippen LogP contribution in [0.15, 0.2) is 54.7 Å². The number of hydrogen-bond donors (Lipinski definition) is 2. The van der Waals surface area contributed by atoms with Crippen molar-refractivity contribution >= 4 is 28.2 Å². The minimum Gasteiger partial charge on any atom is -0.369 e. The normalized spacial score (nSPS) is 15.2. The van der Waals surface area contributed by atoms with Crippen molar-refractivity contribution < 1.29 is 4.39 Å². The monoisotopic (exact) mass is 445 g/mol. The first kappa shape index (κ1) is 21.3. The summed E-state index contributed by atoms with van der Waals surface area (Å²) in [5.74, 6) is 0.516. The number of anilines is 3. The zero-order valence-electron chi connectivity index (χ0n) is 19.1. The number of fused-ring (bicyclic) bond motifs is 1. The van der Waals surface area contributed by atoms with Crippen LogP contribution in [0.25, 0.3) is 22.4 Å². The molecule has 7 nitrogen and oxygen atoms in total. The molecule has 0 aliphatic carbocycles. The minimum absolute atomic E-state index is 0.205. The average Bonchev–Trinajstić information content (AvgIpc) is 3.29. The summed E-state index contributed by atoms with van der Waals surface area (Å²) in [5, 5.41) is 10.4. The lowest BCUT2D eigenvalue weighted by Crippen LogP contribution is -2.53. The molecule has 8 heteroatoms. The summed E-state index contributed by atoms with van der Waals surface area (Å²) in [6.45, 7) is 10.9. The van der Waals surface area contributed by atoms with E-state index in [0.717, 1.165) is 31.9 Å². The van der Waals surface area contributed by atoms with Crippen molar-refractivity contribution in [2.75, 3.05) is 36.4 Å². The summed E-state index contributed by atoms with van der Waals surface area (Å²) in [7, 11) is 0. The first-order chi connectivity index (χ1) is 15.9.